The molecule has 1 aromatic rings. The van der Waals surface area contributed by atoms with Gasteiger partial charge in [-0.3, -0.25) is 0 Å². The molecule has 0 aliphatic heterocycles. The van der Waals surface area contributed by atoms with Crippen molar-refractivity contribution in [2.75, 3.05) is 7.11 Å². The fourth-order valence-corrected chi connectivity index (χ4v) is 2.62. The predicted molar refractivity (Wildman–Crippen MR) is 72.3 cm³/mol. The standard InChI is InChI=1S/C15H23NO2/c1-18-11-13-7-3-2-6-12(13)10-16-14-8-4-5-9-15(14)17/h2-3,6-7,14-17H,4-5,8-11H2,1H3. The summed E-state index contributed by atoms with van der Waals surface area (Å²) in [5.41, 5.74) is 2.48. The second kappa shape index (κ2) is 6.88. The van der Waals surface area contributed by atoms with E-state index in [0.29, 0.717) is 6.61 Å². The van der Waals surface area contributed by atoms with Gasteiger partial charge in [0.2, 0.25) is 0 Å². The molecule has 18 heavy (non-hydrogen) atoms. The van der Waals surface area contributed by atoms with E-state index in [4.69, 9.17) is 4.74 Å². The highest BCUT2D eigenvalue weighted by Gasteiger charge is 2.22. The van der Waals surface area contributed by atoms with Crippen molar-refractivity contribution in [3.8, 4) is 0 Å². The van der Waals surface area contributed by atoms with Crippen molar-refractivity contribution in [2.24, 2.45) is 0 Å². The average Bonchev–Trinajstić information content (AvgIpc) is 2.40. The lowest BCUT2D eigenvalue weighted by Gasteiger charge is -2.28. The van der Waals surface area contributed by atoms with Crippen LogP contribution >= 0.6 is 0 Å². The summed E-state index contributed by atoms with van der Waals surface area (Å²) < 4.78 is 5.20. The van der Waals surface area contributed by atoms with Crippen molar-refractivity contribution in [3.05, 3.63) is 35.4 Å². The Morgan fingerprint density at radius 3 is 2.67 bits per heavy atom. The normalized spacial score (nSPS) is 24.1. The maximum atomic E-state index is 9.93. The minimum atomic E-state index is -0.187. The van der Waals surface area contributed by atoms with E-state index in [2.05, 4.69) is 17.4 Å². The Balaban J connectivity index is 1.92. The first-order chi connectivity index (χ1) is 8.81. The van der Waals surface area contributed by atoms with Gasteiger partial charge in [-0.1, -0.05) is 37.1 Å². The molecule has 0 saturated heterocycles. The molecule has 2 unspecified atom stereocenters. The molecule has 2 rings (SSSR count). The van der Waals surface area contributed by atoms with Crippen LogP contribution in [-0.2, 0) is 17.9 Å². The minimum absolute atomic E-state index is 0.187. The monoisotopic (exact) mass is 249 g/mol. The summed E-state index contributed by atoms with van der Waals surface area (Å²) in [5, 5.41) is 13.4. The fraction of sp³-hybridized carbons (Fsp3) is 0.600. The van der Waals surface area contributed by atoms with Gasteiger partial charge in [-0.25, -0.2) is 0 Å². The van der Waals surface area contributed by atoms with Crippen LogP contribution in [0.25, 0.3) is 0 Å². The van der Waals surface area contributed by atoms with Gasteiger partial charge in [-0.05, 0) is 24.0 Å². The van der Waals surface area contributed by atoms with Crippen molar-refractivity contribution in [2.45, 2.75) is 51.0 Å². The quantitative estimate of drug-likeness (QED) is 0.841. The first-order valence-corrected chi connectivity index (χ1v) is 6.78. The highest BCUT2D eigenvalue weighted by atomic mass is 16.5. The molecule has 0 radical (unpaired) electrons. The van der Waals surface area contributed by atoms with Crippen LogP contribution < -0.4 is 5.32 Å². The van der Waals surface area contributed by atoms with E-state index in [0.717, 1.165) is 25.8 Å². The van der Waals surface area contributed by atoms with Crippen molar-refractivity contribution < 1.29 is 9.84 Å². The third-order valence-electron chi connectivity index (χ3n) is 3.70. The third kappa shape index (κ3) is 3.55. The summed E-state index contributed by atoms with van der Waals surface area (Å²) in [5.74, 6) is 0. The first-order valence-electron chi connectivity index (χ1n) is 6.78. The SMILES string of the molecule is COCc1ccccc1CNC1CCCCC1O. The van der Waals surface area contributed by atoms with Crippen LogP contribution in [0.2, 0.25) is 0 Å². The Hall–Kier alpha value is -0.900. The van der Waals surface area contributed by atoms with E-state index in [-0.39, 0.29) is 12.1 Å². The molecule has 0 heterocycles. The fourth-order valence-electron chi connectivity index (χ4n) is 2.62. The lowest BCUT2D eigenvalue weighted by Crippen LogP contribution is -2.41. The number of methoxy groups -OCH3 is 1. The molecular formula is C15H23NO2. The largest absolute Gasteiger partial charge is 0.392 e. The summed E-state index contributed by atoms with van der Waals surface area (Å²) in [7, 11) is 1.72. The molecule has 0 spiro atoms. The van der Waals surface area contributed by atoms with Crippen molar-refractivity contribution in [3.63, 3.8) is 0 Å². The maximum absolute atomic E-state index is 9.93. The van der Waals surface area contributed by atoms with E-state index < -0.39 is 0 Å². The van der Waals surface area contributed by atoms with E-state index in [1.54, 1.807) is 7.11 Å². The molecule has 1 aliphatic carbocycles. The molecule has 3 heteroatoms. The summed E-state index contributed by atoms with van der Waals surface area (Å²) in [6.45, 7) is 1.45. The molecule has 1 fully saturated rings. The molecule has 100 valence electrons. The number of nitrogens with one attached hydrogen (secondary N) is 1. The molecule has 3 nitrogen and oxygen atoms in total. The van der Waals surface area contributed by atoms with Gasteiger partial charge in [0, 0.05) is 19.7 Å². The summed E-state index contributed by atoms with van der Waals surface area (Å²) >= 11 is 0. The van der Waals surface area contributed by atoms with Gasteiger partial charge in [0.15, 0.2) is 0 Å². The lowest BCUT2D eigenvalue weighted by atomic mass is 9.92. The van der Waals surface area contributed by atoms with Crippen LogP contribution in [0.5, 0.6) is 0 Å². The molecule has 1 aromatic carbocycles. The molecule has 2 N–H and O–H groups in total. The van der Waals surface area contributed by atoms with Gasteiger partial charge in [-0.2, -0.15) is 0 Å². The number of aliphatic hydroxyl groups excluding tert-OH is 1. The van der Waals surface area contributed by atoms with Gasteiger partial charge in [0.05, 0.1) is 12.7 Å². The molecule has 0 aromatic heterocycles. The zero-order chi connectivity index (χ0) is 12.8. The van der Waals surface area contributed by atoms with Gasteiger partial charge in [-0.15, -0.1) is 0 Å². The van der Waals surface area contributed by atoms with Crippen LogP contribution in [-0.4, -0.2) is 24.4 Å². The van der Waals surface area contributed by atoms with Crippen molar-refractivity contribution in [1.29, 1.82) is 0 Å². The number of hydrogen-bond acceptors (Lipinski definition) is 3. The molecule has 1 saturated carbocycles. The molecule has 2 atom stereocenters. The van der Waals surface area contributed by atoms with Gasteiger partial charge >= 0.3 is 0 Å². The van der Waals surface area contributed by atoms with Crippen molar-refractivity contribution >= 4 is 0 Å². The first kappa shape index (κ1) is 13.5. The Morgan fingerprint density at radius 2 is 1.94 bits per heavy atom. The van der Waals surface area contributed by atoms with Gasteiger partial charge in [0.25, 0.3) is 0 Å². The number of benzene rings is 1. The zero-order valence-corrected chi connectivity index (χ0v) is 11.1. The Labute approximate surface area is 109 Å². The van der Waals surface area contributed by atoms with Crippen LogP contribution in [0.1, 0.15) is 36.8 Å². The maximum Gasteiger partial charge on any atom is 0.0716 e. The van der Waals surface area contributed by atoms with Gasteiger partial charge in [0.1, 0.15) is 0 Å². The van der Waals surface area contributed by atoms with E-state index in [1.807, 2.05) is 12.1 Å². The molecular weight excluding hydrogens is 226 g/mol. The van der Waals surface area contributed by atoms with E-state index >= 15 is 0 Å². The predicted octanol–water partition coefficient (Wildman–Crippen LogP) is 2.23. The average molecular weight is 249 g/mol. The lowest BCUT2D eigenvalue weighted by molar-refractivity contribution is 0.0901. The third-order valence-corrected chi connectivity index (χ3v) is 3.70. The number of hydrogen-bond donors (Lipinski definition) is 2. The molecule has 1 aliphatic rings. The zero-order valence-electron chi connectivity index (χ0n) is 11.1. The number of ether oxygens (including phenoxy) is 1. The van der Waals surface area contributed by atoms with Crippen LogP contribution in [0, 0.1) is 0 Å². The smallest absolute Gasteiger partial charge is 0.0716 e. The van der Waals surface area contributed by atoms with E-state index in [1.165, 1.54) is 17.5 Å². The summed E-state index contributed by atoms with van der Waals surface area (Å²) in [4.78, 5) is 0. The molecule has 0 bridgehead atoms. The molecule has 0 amide bonds. The van der Waals surface area contributed by atoms with E-state index in [9.17, 15) is 5.11 Å². The summed E-state index contributed by atoms with van der Waals surface area (Å²) in [6.07, 6.45) is 4.19. The summed E-state index contributed by atoms with van der Waals surface area (Å²) in [6, 6.07) is 8.55. The Morgan fingerprint density at radius 1 is 1.22 bits per heavy atom. The van der Waals surface area contributed by atoms with Gasteiger partial charge < -0.3 is 15.2 Å². The van der Waals surface area contributed by atoms with Crippen molar-refractivity contribution in [1.82, 2.24) is 5.32 Å². The highest BCUT2D eigenvalue weighted by Crippen LogP contribution is 2.19. The number of aliphatic hydroxyl groups is 1. The Bertz CT molecular complexity index is 367. The van der Waals surface area contributed by atoms with Crippen LogP contribution in [0.4, 0.5) is 0 Å². The Kier molecular flexibility index (Phi) is 5.17. The second-order valence-electron chi connectivity index (χ2n) is 5.04. The van der Waals surface area contributed by atoms with Crippen LogP contribution in [0.15, 0.2) is 24.3 Å². The second-order valence-corrected chi connectivity index (χ2v) is 5.04. The highest BCUT2D eigenvalue weighted by molar-refractivity contribution is 5.26. The van der Waals surface area contributed by atoms with Crippen LogP contribution in [0.3, 0.4) is 0 Å². The topological polar surface area (TPSA) is 41.5 Å². The number of rotatable bonds is 5. The minimum Gasteiger partial charge on any atom is -0.392 e.